The van der Waals surface area contributed by atoms with Gasteiger partial charge in [0.2, 0.25) is 0 Å². The Bertz CT molecular complexity index is 1090. The number of pyridine rings is 1. The summed E-state index contributed by atoms with van der Waals surface area (Å²) in [5, 5.41) is 2.89. The van der Waals surface area contributed by atoms with Gasteiger partial charge in [0.25, 0.3) is 5.91 Å². The van der Waals surface area contributed by atoms with Gasteiger partial charge in [0, 0.05) is 46.7 Å². The van der Waals surface area contributed by atoms with Crippen molar-refractivity contribution in [2.45, 2.75) is 10.6 Å². The van der Waals surface area contributed by atoms with Crippen LogP contribution < -0.4 is 10.1 Å². The molecule has 1 N–H and O–H groups in total. The first kappa shape index (κ1) is 19.6. The third-order valence-corrected chi connectivity index (χ3v) is 5.19. The van der Waals surface area contributed by atoms with Crippen molar-refractivity contribution in [1.82, 2.24) is 15.0 Å². The molecule has 1 amide bonds. The van der Waals surface area contributed by atoms with E-state index < -0.39 is 0 Å². The Morgan fingerprint density at radius 2 is 1.67 bits per heavy atom. The molecule has 7 heteroatoms. The third kappa shape index (κ3) is 5.42. The van der Waals surface area contributed by atoms with Crippen LogP contribution in [0, 0.1) is 0 Å². The van der Waals surface area contributed by atoms with Crippen molar-refractivity contribution in [2.75, 3.05) is 5.32 Å². The Balaban J connectivity index is 1.32. The van der Waals surface area contributed by atoms with E-state index in [4.69, 9.17) is 4.74 Å². The van der Waals surface area contributed by atoms with Crippen molar-refractivity contribution < 1.29 is 9.53 Å². The number of carbonyl (C=O) groups excluding carboxylic acids is 1. The van der Waals surface area contributed by atoms with Crippen molar-refractivity contribution in [3.63, 3.8) is 0 Å². The third-order valence-electron chi connectivity index (χ3n) is 4.11. The topological polar surface area (TPSA) is 77.0 Å². The molecule has 2 aromatic heterocycles. The van der Waals surface area contributed by atoms with Gasteiger partial charge in [0.05, 0.1) is 0 Å². The second kappa shape index (κ2) is 9.67. The number of amides is 1. The van der Waals surface area contributed by atoms with E-state index in [1.807, 2.05) is 42.6 Å². The Kier molecular flexibility index (Phi) is 6.31. The van der Waals surface area contributed by atoms with Crippen molar-refractivity contribution in [2.24, 2.45) is 0 Å². The maximum atomic E-state index is 12.5. The second-order valence-electron chi connectivity index (χ2n) is 6.29. The number of carbonyl (C=O) groups is 1. The van der Waals surface area contributed by atoms with Gasteiger partial charge in [-0.15, -0.1) is 11.8 Å². The van der Waals surface area contributed by atoms with Gasteiger partial charge in [-0.2, -0.15) is 0 Å². The average Bonchev–Trinajstić information content (AvgIpc) is 2.81. The smallest absolute Gasteiger partial charge is 0.321 e. The van der Waals surface area contributed by atoms with Gasteiger partial charge in [0.1, 0.15) is 5.75 Å². The number of benzene rings is 2. The molecule has 0 spiro atoms. The number of nitrogens with zero attached hydrogens (tertiary/aromatic N) is 3. The van der Waals surface area contributed by atoms with Crippen LogP contribution in [0.1, 0.15) is 15.9 Å². The van der Waals surface area contributed by atoms with Crippen LogP contribution in [0.25, 0.3) is 0 Å². The predicted molar refractivity (Wildman–Crippen MR) is 117 cm³/mol. The highest BCUT2D eigenvalue weighted by Gasteiger charge is 2.07. The SMILES string of the molecule is O=C(Nc1ccc(Oc2ncccn2)cc1)c1ccc(SCc2cccnc2)cc1. The number of hydrogen-bond acceptors (Lipinski definition) is 6. The van der Waals surface area contributed by atoms with E-state index in [0.717, 1.165) is 16.2 Å². The lowest BCUT2D eigenvalue weighted by Crippen LogP contribution is -2.11. The lowest BCUT2D eigenvalue weighted by Gasteiger charge is -2.08. The first-order valence-corrected chi connectivity index (χ1v) is 10.2. The summed E-state index contributed by atoms with van der Waals surface area (Å²) in [4.78, 5) is 25.7. The van der Waals surface area contributed by atoms with Gasteiger partial charge in [-0.05, 0) is 66.2 Å². The highest BCUT2D eigenvalue weighted by atomic mass is 32.2. The molecular weight excluding hydrogens is 396 g/mol. The molecule has 0 fully saturated rings. The summed E-state index contributed by atoms with van der Waals surface area (Å²) < 4.78 is 5.55. The predicted octanol–water partition coefficient (Wildman–Crippen LogP) is 5.21. The molecule has 0 saturated heterocycles. The molecule has 30 heavy (non-hydrogen) atoms. The van der Waals surface area contributed by atoms with Crippen LogP contribution in [0.15, 0.2) is 96.4 Å². The summed E-state index contributed by atoms with van der Waals surface area (Å²) in [7, 11) is 0. The summed E-state index contributed by atoms with van der Waals surface area (Å²) in [6, 6.07) is 20.6. The van der Waals surface area contributed by atoms with E-state index in [2.05, 4.69) is 20.3 Å². The minimum absolute atomic E-state index is 0.168. The molecule has 4 rings (SSSR count). The van der Waals surface area contributed by atoms with Gasteiger partial charge < -0.3 is 10.1 Å². The number of nitrogens with one attached hydrogen (secondary N) is 1. The summed E-state index contributed by atoms with van der Waals surface area (Å²) in [5.74, 6) is 1.26. The molecule has 2 heterocycles. The summed E-state index contributed by atoms with van der Waals surface area (Å²) in [6.07, 6.45) is 6.84. The Morgan fingerprint density at radius 1 is 0.900 bits per heavy atom. The van der Waals surface area contributed by atoms with Crippen LogP contribution in [0.2, 0.25) is 0 Å². The fourth-order valence-corrected chi connectivity index (χ4v) is 3.44. The van der Waals surface area contributed by atoms with Gasteiger partial charge in [-0.1, -0.05) is 6.07 Å². The molecular formula is C23H18N4O2S. The van der Waals surface area contributed by atoms with Crippen LogP contribution in [0.3, 0.4) is 0 Å². The van der Waals surface area contributed by atoms with Crippen LogP contribution in [0.4, 0.5) is 5.69 Å². The lowest BCUT2D eigenvalue weighted by atomic mass is 10.2. The molecule has 6 nitrogen and oxygen atoms in total. The first-order chi connectivity index (χ1) is 14.8. The van der Waals surface area contributed by atoms with E-state index in [9.17, 15) is 4.79 Å². The number of anilines is 1. The number of hydrogen-bond donors (Lipinski definition) is 1. The summed E-state index contributed by atoms with van der Waals surface area (Å²) in [6.45, 7) is 0. The average molecular weight is 414 g/mol. The zero-order valence-electron chi connectivity index (χ0n) is 15.9. The molecule has 148 valence electrons. The fourth-order valence-electron chi connectivity index (χ4n) is 2.61. The minimum atomic E-state index is -0.168. The molecule has 2 aromatic carbocycles. The monoisotopic (exact) mass is 414 g/mol. The highest BCUT2D eigenvalue weighted by Crippen LogP contribution is 2.24. The van der Waals surface area contributed by atoms with E-state index in [1.165, 1.54) is 0 Å². The molecule has 0 aliphatic heterocycles. The van der Waals surface area contributed by atoms with Crippen LogP contribution in [-0.2, 0) is 5.75 Å². The van der Waals surface area contributed by atoms with Crippen molar-refractivity contribution >= 4 is 23.4 Å². The summed E-state index contributed by atoms with van der Waals surface area (Å²) >= 11 is 1.70. The Hall–Kier alpha value is -3.71. The maximum absolute atomic E-state index is 12.5. The van der Waals surface area contributed by atoms with Crippen molar-refractivity contribution in [1.29, 1.82) is 0 Å². The van der Waals surface area contributed by atoms with Gasteiger partial charge in [-0.25, -0.2) is 9.97 Å². The molecule has 0 unspecified atom stereocenters. The van der Waals surface area contributed by atoms with Crippen molar-refractivity contribution in [3.05, 3.63) is 103 Å². The molecule has 4 aromatic rings. The van der Waals surface area contributed by atoms with Crippen LogP contribution in [-0.4, -0.2) is 20.9 Å². The van der Waals surface area contributed by atoms with Gasteiger partial charge in [-0.3, -0.25) is 9.78 Å². The van der Waals surface area contributed by atoms with Crippen LogP contribution >= 0.6 is 11.8 Å². The Morgan fingerprint density at radius 3 is 2.37 bits per heavy atom. The normalized spacial score (nSPS) is 10.4. The second-order valence-corrected chi connectivity index (χ2v) is 7.34. The van der Waals surface area contributed by atoms with Gasteiger partial charge >= 0.3 is 6.01 Å². The Labute approximate surface area is 178 Å². The van der Waals surface area contributed by atoms with E-state index in [1.54, 1.807) is 60.7 Å². The first-order valence-electron chi connectivity index (χ1n) is 9.24. The standard InChI is InChI=1S/C23H18N4O2S/c28-22(18-4-10-21(11-5-18)30-16-17-3-1-12-24-15-17)27-19-6-8-20(9-7-19)29-23-25-13-2-14-26-23/h1-15H,16H2,(H,27,28). The number of ether oxygens (including phenoxy) is 1. The molecule has 0 aliphatic carbocycles. The van der Waals surface area contributed by atoms with E-state index in [-0.39, 0.29) is 11.9 Å². The molecule has 0 saturated carbocycles. The van der Waals surface area contributed by atoms with Crippen LogP contribution in [0.5, 0.6) is 11.8 Å². The molecule has 0 aliphatic rings. The maximum Gasteiger partial charge on any atom is 0.321 e. The quantitative estimate of drug-likeness (QED) is 0.419. The molecule has 0 radical (unpaired) electrons. The lowest BCUT2D eigenvalue weighted by molar-refractivity contribution is 0.102. The van der Waals surface area contributed by atoms with Crippen molar-refractivity contribution in [3.8, 4) is 11.8 Å². The van der Waals surface area contributed by atoms with Gasteiger partial charge in [0.15, 0.2) is 0 Å². The summed E-state index contributed by atoms with van der Waals surface area (Å²) in [5.41, 5.74) is 2.44. The molecule has 0 bridgehead atoms. The zero-order valence-corrected chi connectivity index (χ0v) is 16.8. The van der Waals surface area contributed by atoms with E-state index >= 15 is 0 Å². The van der Waals surface area contributed by atoms with E-state index in [0.29, 0.717) is 17.0 Å². The zero-order chi connectivity index (χ0) is 20.6. The minimum Gasteiger partial charge on any atom is -0.424 e. The number of thioether (sulfide) groups is 1. The fraction of sp³-hybridized carbons (Fsp3) is 0.0435. The highest BCUT2D eigenvalue weighted by molar-refractivity contribution is 7.98. The number of rotatable bonds is 7. The largest absolute Gasteiger partial charge is 0.424 e. The molecule has 0 atom stereocenters. The number of aromatic nitrogens is 3.